The molecule has 1 N–H and O–H groups in total. The highest BCUT2D eigenvalue weighted by molar-refractivity contribution is 5.81. The standard InChI is InChI=1S/C19H18F2N2O6/c20-19(21)29-15-7-5-13(6-8-15)9-10-22-17(24)12-28-18(25)11-14-3-1-2-4-16(14)23(26)27/h1-8,19H,9-12H2,(H,22,24). The van der Waals surface area contributed by atoms with E-state index in [1.165, 1.54) is 30.3 Å². The van der Waals surface area contributed by atoms with Gasteiger partial charge >= 0.3 is 12.6 Å². The maximum absolute atomic E-state index is 12.1. The van der Waals surface area contributed by atoms with Crippen molar-refractivity contribution in [2.24, 2.45) is 0 Å². The molecule has 0 aliphatic rings. The molecule has 0 saturated carbocycles. The molecule has 8 nitrogen and oxygen atoms in total. The molecule has 0 fully saturated rings. The van der Waals surface area contributed by atoms with Gasteiger partial charge in [-0.1, -0.05) is 30.3 Å². The van der Waals surface area contributed by atoms with E-state index in [0.717, 1.165) is 5.56 Å². The van der Waals surface area contributed by atoms with E-state index in [2.05, 4.69) is 10.1 Å². The Morgan fingerprint density at radius 2 is 1.79 bits per heavy atom. The van der Waals surface area contributed by atoms with Crippen LogP contribution >= 0.6 is 0 Å². The number of halogens is 2. The number of carbonyl (C=O) groups is 2. The van der Waals surface area contributed by atoms with Crippen molar-refractivity contribution in [1.29, 1.82) is 0 Å². The molecule has 2 aromatic rings. The zero-order valence-electron chi connectivity index (χ0n) is 15.2. The molecule has 0 spiro atoms. The number of nitro benzene ring substituents is 1. The number of benzene rings is 2. The van der Waals surface area contributed by atoms with Crippen molar-refractivity contribution in [2.75, 3.05) is 13.2 Å². The van der Waals surface area contributed by atoms with Crippen molar-refractivity contribution >= 4 is 17.6 Å². The number of hydrogen-bond donors (Lipinski definition) is 1. The first-order valence-corrected chi connectivity index (χ1v) is 8.53. The molecule has 0 radical (unpaired) electrons. The summed E-state index contributed by atoms with van der Waals surface area (Å²) in [5, 5.41) is 13.5. The average molecular weight is 408 g/mol. The first-order chi connectivity index (χ1) is 13.8. The number of alkyl halides is 2. The van der Waals surface area contributed by atoms with E-state index < -0.39 is 30.0 Å². The summed E-state index contributed by atoms with van der Waals surface area (Å²) in [5.74, 6) is -1.25. The number of amides is 1. The number of hydrogen-bond acceptors (Lipinski definition) is 6. The largest absolute Gasteiger partial charge is 0.455 e. The topological polar surface area (TPSA) is 108 Å². The van der Waals surface area contributed by atoms with Gasteiger partial charge in [0.15, 0.2) is 6.61 Å². The first kappa shape index (κ1) is 21.7. The second kappa shape index (κ2) is 10.7. The monoisotopic (exact) mass is 408 g/mol. The molecular weight excluding hydrogens is 390 g/mol. The highest BCUT2D eigenvalue weighted by Gasteiger charge is 2.17. The Labute approximate surface area is 164 Å². The maximum Gasteiger partial charge on any atom is 0.387 e. The van der Waals surface area contributed by atoms with Crippen molar-refractivity contribution in [3.8, 4) is 5.75 Å². The van der Waals surface area contributed by atoms with Crippen LogP contribution in [0.15, 0.2) is 48.5 Å². The maximum atomic E-state index is 12.1. The minimum Gasteiger partial charge on any atom is -0.455 e. The smallest absolute Gasteiger partial charge is 0.387 e. The molecule has 0 aromatic heterocycles. The molecule has 0 unspecified atom stereocenters. The van der Waals surface area contributed by atoms with Crippen LogP contribution in [0.5, 0.6) is 5.75 Å². The minimum absolute atomic E-state index is 0.0401. The van der Waals surface area contributed by atoms with Crippen LogP contribution in [0.1, 0.15) is 11.1 Å². The molecule has 0 bridgehead atoms. The Kier molecular flexibility index (Phi) is 8.01. The van der Waals surface area contributed by atoms with Gasteiger partial charge in [-0.25, -0.2) is 0 Å². The number of nitro groups is 1. The van der Waals surface area contributed by atoms with E-state index in [4.69, 9.17) is 4.74 Å². The summed E-state index contributed by atoms with van der Waals surface area (Å²) in [5.41, 5.74) is 0.793. The highest BCUT2D eigenvalue weighted by atomic mass is 19.3. The fourth-order valence-electron chi connectivity index (χ4n) is 2.43. The summed E-state index contributed by atoms with van der Waals surface area (Å²) in [6, 6.07) is 11.8. The summed E-state index contributed by atoms with van der Waals surface area (Å²) in [6.45, 7) is -3.16. The average Bonchev–Trinajstić information content (AvgIpc) is 2.67. The summed E-state index contributed by atoms with van der Waals surface area (Å²) in [7, 11) is 0. The quantitative estimate of drug-likeness (QED) is 0.368. The molecule has 0 saturated heterocycles. The molecule has 2 rings (SSSR count). The normalized spacial score (nSPS) is 10.4. The van der Waals surface area contributed by atoms with Crippen LogP contribution in [-0.2, 0) is 27.2 Å². The Morgan fingerprint density at radius 1 is 1.10 bits per heavy atom. The summed E-state index contributed by atoms with van der Waals surface area (Å²) in [4.78, 5) is 33.9. The van der Waals surface area contributed by atoms with Gasteiger partial charge in [-0.05, 0) is 24.1 Å². The van der Waals surface area contributed by atoms with Crippen molar-refractivity contribution in [1.82, 2.24) is 5.32 Å². The SMILES string of the molecule is O=C(COC(=O)Cc1ccccc1[N+](=O)[O-])NCCc1ccc(OC(F)F)cc1. The van der Waals surface area contributed by atoms with Crippen LogP contribution in [0, 0.1) is 10.1 Å². The molecule has 10 heteroatoms. The zero-order chi connectivity index (χ0) is 21.2. The molecular formula is C19H18F2N2O6. The predicted molar refractivity (Wildman–Crippen MR) is 97.5 cm³/mol. The Morgan fingerprint density at radius 3 is 2.45 bits per heavy atom. The van der Waals surface area contributed by atoms with Crippen molar-refractivity contribution in [3.05, 3.63) is 69.8 Å². The van der Waals surface area contributed by atoms with Crippen LogP contribution in [0.4, 0.5) is 14.5 Å². The molecule has 29 heavy (non-hydrogen) atoms. The fourth-order valence-corrected chi connectivity index (χ4v) is 2.43. The Balaban J connectivity index is 1.70. The highest BCUT2D eigenvalue weighted by Crippen LogP contribution is 2.18. The number of esters is 1. The number of nitrogens with one attached hydrogen (secondary N) is 1. The van der Waals surface area contributed by atoms with Gasteiger partial charge in [0.25, 0.3) is 11.6 Å². The van der Waals surface area contributed by atoms with Gasteiger partial charge in [0.1, 0.15) is 5.75 Å². The minimum atomic E-state index is -2.89. The fraction of sp³-hybridized carbons (Fsp3) is 0.263. The second-order valence-corrected chi connectivity index (χ2v) is 5.85. The Hall–Kier alpha value is -3.56. The predicted octanol–water partition coefficient (Wildman–Crippen LogP) is 2.64. The lowest BCUT2D eigenvalue weighted by Gasteiger charge is -2.08. The summed E-state index contributed by atoms with van der Waals surface area (Å²) in [6.07, 6.45) is 0.113. The number of carbonyl (C=O) groups excluding carboxylic acids is 2. The Bertz CT molecular complexity index is 858. The molecule has 0 aliphatic heterocycles. The summed E-state index contributed by atoms with van der Waals surface area (Å²) >= 11 is 0. The van der Waals surface area contributed by atoms with E-state index in [1.54, 1.807) is 18.2 Å². The van der Waals surface area contributed by atoms with E-state index in [-0.39, 0.29) is 30.0 Å². The number of nitrogens with zero attached hydrogens (tertiary/aromatic N) is 1. The first-order valence-electron chi connectivity index (χ1n) is 8.53. The third-order valence-corrected chi connectivity index (χ3v) is 3.77. The number of para-hydroxylation sites is 1. The molecule has 154 valence electrons. The van der Waals surface area contributed by atoms with Crippen LogP contribution in [0.3, 0.4) is 0 Å². The van der Waals surface area contributed by atoms with Gasteiger partial charge in [-0.2, -0.15) is 8.78 Å². The van der Waals surface area contributed by atoms with Crippen molar-refractivity contribution in [2.45, 2.75) is 19.5 Å². The second-order valence-electron chi connectivity index (χ2n) is 5.85. The van der Waals surface area contributed by atoms with Crippen LogP contribution in [0.2, 0.25) is 0 Å². The van der Waals surface area contributed by atoms with Crippen molar-refractivity contribution < 1.29 is 32.8 Å². The lowest BCUT2D eigenvalue weighted by molar-refractivity contribution is -0.385. The molecule has 1 amide bonds. The van der Waals surface area contributed by atoms with E-state index in [9.17, 15) is 28.5 Å². The third-order valence-electron chi connectivity index (χ3n) is 3.77. The van der Waals surface area contributed by atoms with Gasteiger partial charge in [-0.3, -0.25) is 19.7 Å². The number of ether oxygens (including phenoxy) is 2. The van der Waals surface area contributed by atoms with Gasteiger partial charge < -0.3 is 14.8 Å². The van der Waals surface area contributed by atoms with Gasteiger partial charge in [-0.15, -0.1) is 0 Å². The van der Waals surface area contributed by atoms with E-state index >= 15 is 0 Å². The zero-order valence-corrected chi connectivity index (χ0v) is 15.2. The van der Waals surface area contributed by atoms with E-state index in [1.807, 2.05) is 0 Å². The lowest BCUT2D eigenvalue weighted by Crippen LogP contribution is -2.30. The molecule has 0 heterocycles. The lowest BCUT2D eigenvalue weighted by atomic mass is 10.1. The van der Waals surface area contributed by atoms with Gasteiger partial charge in [0, 0.05) is 18.2 Å². The number of rotatable bonds is 10. The van der Waals surface area contributed by atoms with Crippen LogP contribution < -0.4 is 10.1 Å². The van der Waals surface area contributed by atoms with Gasteiger partial charge in [0.05, 0.1) is 11.3 Å². The third kappa shape index (κ3) is 7.53. The van der Waals surface area contributed by atoms with Crippen LogP contribution in [-0.4, -0.2) is 36.6 Å². The van der Waals surface area contributed by atoms with Crippen LogP contribution in [0.25, 0.3) is 0 Å². The molecule has 0 atom stereocenters. The van der Waals surface area contributed by atoms with E-state index in [0.29, 0.717) is 6.42 Å². The van der Waals surface area contributed by atoms with Gasteiger partial charge in [0.2, 0.25) is 0 Å². The molecule has 0 aliphatic carbocycles. The van der Waals surface area contributed by atoms with Crippen molar-refractivity contribution in [3.63, 3.8) is 0 Å². The summed E-state index contributed by atoms with van der Waals surface area (Å²) < 4.78 is 33.2. The molecule has 2 aromatic carbocycles.